The lowest BCUT2D eigenvalue weighted by Crippen LogP contribution is -2.39. The van der Waals surface area contributed by atoms with Gasteiger partial charge >= 0.3 is 0 Å². The van der Waals surface area contributed by atoms with Gasteiger partial charge in [0.15, 0.2) is 0 Å². The van der Waals surface area contributed by atoms with Crippen molar-refractivity contribution in [1.29, 1.82) is 5.41 Å². The number of aliphatic hydroxyl groups is 1. The number of nitrogens with one attached hydrogen (secondary N) is 1. The number of carbonyl (C=O) groups excluding carboxylic acids is 2. The fourth-order valence-corrected chi connectivity index (χ4v) is 5.73. The molecule has 0 atom stereocenters. The van der Waals surface area contributed by atoms with E-state index in [4.69, 9.17) is 17.0 Å². The normalized spacial score (nSPS) is 13.0. The topological polar surface area (TPSA) is 81.5 Å². The maximum atomic E-state index is 13.7. The third-order valence-electron chi connectivity index (χ3n) is 7.95. The van der Waals surface area contributed by atoms with Crippen LogP contribution < -0.4 is 4.90 Å². The predicted octanol–water partition coefficient (Wildman–Crippen LogP) is 10.1. The molecule has 222 valence electrons. The average Bonchev–Trinajstić information content (AvgIpc) is 2.97. The number of rotatable bonds is 19. The van der Waals surface area contributed by atoms with Crippen LogP contribution in [0.25, 0.3) is 5.76 Å². The Morgan fingerprint density at radius 2 is 1.27 bits per heavy atom. The summed E-state index contributed by atoms with van der Waals surface area (Å²) in [6, 6.07) is 13.5. The van der Waals surface area contributed by atoms with Crippen molar-refractivity contribution in [2.24, 2.45) is 0 Å². The highest BCUT2D eigenvalue weighted by atomic mass is 35.5. The number of fused-ring (bicyclic) bond motifs is 1. The van der Waals surface area contributed by atoms with Crippen LogP contribution in [0.4, 0.5) is 5.69 Å². The van der Waals surface area contributed by atoms with Crippen molar-refractivity contribution >= 4 is 40.4 Å². The second-order valence-electron chi connectivity index (χ2n) is 11.2. The molecule has 1 amide bonds. The van der Waals surface area contributed by atoms with Crippen LogP contribution in [0.2, 0.25) is 5.02 Å². The Balaban J connectivity index is 1.45. The minimum atomic E-state index is -0.560. The van der Waals surface area contributed by atoms with Crippen molar-refractivity contribution in [2.45, 2.75) is 110 Å². The van der Waals surface area contributed by atoms with Crippen LogP contribution in [-0.4, -0.2) is 29.1 Å². The molecule has 6 heteroatoms. The summed E-state index contributed by atoms with van der Waals surface area (Å²) in [5.41, 5.74) is 0.363. The Labute approximate surface area is 251 Å². The molecule has 0 radical (unpaired) electrons. The van der Waals surface area contributed by atoms with Crippen molar-refractivity contribution in [3.63, 3.8) is 0 Å². The van der Waals surface area contributed by atoms with E-state index in [1.807, 2.05) is 0 Å². The summed E-state index contributed by atoms with van der Waals surface area (Å²) in [6.45, 7) is 2.68. The highest BCUT2D eigenvalue weighted by Gasteiger charge is 2.36. The van der Waals surface area contributed by atoms with Crippen LogP contribution in [0.1, 0.15) is 126 Å². The zero-order valence-electron chi connectivity index (χ0n) is 24.7. The van der Waals surface area contributed by atoms with Gasteiger partial charge in [0.1, 0.15) is 17.0 Å². The maximum absolute atomic E-state index is 13.7. The number of amides is 1. The van der Waals surface area contributed by atoms with Gasteiger partial charge in [0, 0.05) is 28.4 Å². The largest absolute Gasteiger partial charge is 0.506 e. The van der Waals surface area contributed by atoms with Gasteiger partial charge in [-0.25, -0.2) is 0 Å². The Kier molecular flexibility index (Phi) is 14.1. The molecule has 41 heavy (non-hydrogen) atoms. The van der Waals surface area contributed by atoms with E-state index in [-0.39, 0.29) is 22.5 Å². The van der Waals surface area contributed by atoms with Gasteiger partial charge in [0.2, 0.25) is 5.78 Å². The SMILES string of the molecule is CCCCCCCCCCCCCCCCCCN(C(=O)C1=C(O)c2ccccc2C(=O)C1=N)c1cccc(Cl)c1. The van der Waals surface area contributed by atoms with Gasteiger partial charge in [-0.15, -0.1) is 0 Å². The summed E-state index contributed by atoms with van der Waals surface area (Å²) in [4.78, 5) is 28.1. The Bertz CT molecular complexity index is 1190. The van der Waals surface area contributed by atoms with Crippen molar-refractivity contribution in [3.8, 4) is 0 Å². The summed E-state index contributed by atoms with van der Waals surface area (Å²) < 4.78 is 0. The number of nitrogens with zero attached hydrogens (tertiary/aromatic N) is 1. The first-order chi connectivity index (χ1) is 20.0. The van der Waals surface area contributed by atoms with Gasteiger partial charge in [-0.3, -0.25) is 15.0 Å². The number of hydrogen-bond donors (Lipinski definition) is 2. The van der Waals surface area contributed by atoms with Gasteiger partial charge in [-0.1, -0.05) is 145 Å². The van der Waals surface area contributed by atoms with E-state index < -0.39 is 17.4 Å². The molecule has 0 aromatic heterocycles. The Hall–Kier alpha value is -2.92. The first-order valence-corrected chi connectivity index (χ1v) is 16.1. The zero-order valence-corrected chi connectivity index (χ0v) is 25.5. The molecule has 0 aliphatic heterocycles. The number of carbonyl (C=O) groups is 2. The van der Waals surface area contributed by atoms with Gasteiger partial charge in [-0.05, 0) is 24.6 Å². The molecule has 5 nitrogen and oxygen atoms in total. The van der Waals surface area contributed by atoms with Crippen molar-refractivity contribution in [1.82, 2.24) is 0 Å². The van der Waals surface area contributed by atoms with Gasteiger partial charge in [-0.2, -0.15) is 0 Å². The van der Waals surface area contributed by atoms with Crippen LogP contribution in [0.5, 0.6) is 0 Å². The molecule has 0 bridgehead atoms. The molecule has 2 aromatic carbocycles. The molecule has 0 fully saturated rings. The molecular weight excluding hydrogens is 532 g/mol. The van der Waals surface area contributed by atoms with Crippen LogP contribution in [0.15, 0.2) is 54.1 Å². The summed E-state index contributed by atoms with van der Waals surface area (Å²) in [5, 5.41) is 19.8. The monoisotopic (exact) mass is 578 g/mol. The summed E-state index contributed by atoms with van der Waals surface area (Å²) >= 11 is 6.23. The van der Waals surface area contributed by atoms with Gasteiger partial charge in [0.25, 0.3) is 5.91 Å². The molecular formula is C35H47ClN2O3. The number of halogens is 1. The quantitative estimate of drug-likeness (QED) is 0.163. The van der Waals surface area contributed by atoms with E-state index in [9.17, 15) is 14.7 Å². The smallest absolute Gasteiger partial charge is 0.264 e. The van der Waals surface area contributed by atoms with E-state index >= 15 is 0 Å². The Morgan fingerprint density at radius 1 is 0.756 bits per heavy atom. The van der Waals surface area contributed by atoms with Crippen molar-refractivity contribution in [3.05, 3.63) is 70.3 Å². The first-order valence-electron chi connectivity index (χ1n) is 15.7. The molecule has 2 N–H and O–H groups in total. The third kappa shape index (κ3) is 9.85. The zero-order chi connectivity index (χ0) is 29.5. The van der Waals surface area contributed by atoms with E-state index in [2.05, 4.69) is 6.92 Å². The van der Waals surface area contributed by atoms with Crippen molar-refractivity contribution < 1.29 is 14.7 Å². The molecule has 0 unspecified atom stereocenters. The van der Waals surface area contributed by atoms with Gasteiger partial charge in [0.05, 0.1) is 0 Å². The predicted molar refractivity (Wildman–Crippen MR) is 171 cm³/mol. The number of aliphatic hydroxyl groups excluding tert-OH is 1. The second kappa shape index (κ2) is 17.8. The van der Waals surface area contributed by atoms with Crippen LogP contribution in [0.3, 0.4) is 0 Å². The summed E-state index contributed by atoms with van der Waals surface area (Å²) in [6.07, 6.45) is 20.3. The minimum absolute atomic E-state index is 0.235. The van der Waals surface area contributed by atoms with Crippen LogP contribution >= 0.6 is 11.6 Å². The van der Waals surface area contributed by atoms with Crippen molar-refractivity contribution in [2.75, 3.05) is 11.4 Å². The maximum Gasteiger partial charge on any atom is 0.264 e. The molecule has 3 rings (SSSR count). The molecule has 1 aliphatic carbocycles. The molecule has 0 spiro atoms. The summed E-state index contributed by atoms with van der Waals surface area (Å²) in [5.74, 6) is -1.44. The van der Waals surface area contributed by atoms with Crippen LogP contribution in [-0.2, 0) is 4.79 Å². The third-order valence-corrected chi connectivity index (χ3v) is 8.19. The number of unbranched alkanes of at least 4 members (excludes halogenated alkanes) is 15. The fraction of sp³-hybridized carbons (Fsp3) is 0.514. The molecule has 1 aliphatic rings. The highest BCUT2D eigenvalue weighted by Crippen LogP contribution is 2.31. The van der Waals surface area contributed by atoms with E-state index in [0.29, 0.717) is 17.3 Å². The van der Waals surface area contributed by atoms with Crippen LogP contribution in [0, 0.1) is 5.41 Å². The minimum Gasteiger partial charge on any atom is -0.506 e. The number of Topliss-reactive ketones (excluding diaryl/α,β-unsaturated/α-hetero) is 1. The molecule has 0 saturated carbocycles. The lowest BCUT2D eigenvalue weighted by Gasteiger charge is -2.27. The second-order valence-corrected chi connectivity index (χ2v) is 11.6. The number of ketones is 1. The van der Waals surface area contributed by atoms with E-state index in [1.165, 1.54) is 88.4 Å². The number of benzene rings is 2. The Morgan fingerprint density at radius 3 is 1.80 bits per heavy atom. The molecule has 0 saturated heterocycles. The lowest BCUT2D eigenvalue weighted by atomic mass is 9.87. The number of hydrogen-bond acceptors (Lipinski definition) is 4. The standard InChI is InChI=1S/C35H47ClN2O3/c1-2-3-4-5-6-7-8-9-10-11-12-13-14-15-16-19-25-38(28-22-20-21-27(36)26-28)35(41)31-32(37)34(40)30-24-18-17-23-29(30)33(31)39/h17-18,20-24,26,37,39H,2-16,19,25H2,1H3. The fourth-order valence-electron chi connectivity index (χ4n) is 5.54. The number of anilines is 1. The van der Waals surface area contributed by atoms with E-state index in [0.717, 1.165) is 19.3 Å². The molecule has 2 aromatic rings. The first kappa shape index (κ1) is 32.6. The van der Waals surface area contributed by atoms with E-state index in [1.54, 1.807) is 48.5 Å². The highest BCUT2D eigenvalue weighted by molar-refractivity contribution is 6.59. The lowest BCUT2D eigenvalue weighted by molar-refractivity contribution is -0.114. The molecule has 0 heterocycles. The summed E-state index contributed by atoms with van der Waals surface area (Å²) in [7, 11) is 0. The average molecular weight is 579 g/mol. The van der Waals surface area contributed by atoms with Gasteiger partial charge < -0.3 is 10.0 Å².